The largest absolute Gasteiger partial charge is 0.464 e. The van der Waals surface area contributed by atoms with Gasteiger partial charge in [-0.3, -0.25) is 14.3 Å². The molecule has 3 heterocycles. The van der Waals surface area contributed by atoms with Crippen LogP contribution in [0.25, 0.3) is 5.82 Å². The number of carbonyl (C=O) groups excluding carboxylic acids is 2. The lowest BCUT2D eigenvalue weighted by atomic mass is 10.1. The molecule has 27 heavy (non-hydrogen) atoms. The summed E-state index contributed by atoms with van der Waals surface area (Å²) >= 11 is 0. The van der Waals surface area contributed by atoms with Gasteiger partial charge < -0.3 is 10.1 Å². The molecule has 0 radical (unpaired) electrons. The molecule has 3 aromatic heterocycles. The van der Waals surface area contributed by atoms with Crippen LogP contribution in [0.4, 0.5) is 0 Å². The molecule has 0 aromatic carbocycles. The second-order valence-electron chi connectivity index (χ2n) is 5.68. The number of amides is 1. The number of imidazole rings is 1. The Morgan fingerprint density at radius 2 is 2.07 bits per heavy atom. The molecule has 0 bridgehead atoms. The summed E-state index contributed by atoms with van der Waals surface area (Å²) < 4.78 is 6.80. The average Bonchev–Trinajstić information content (AvgIpc) is 3.23. The van der Waals surface area contributed by atoms with Gasteiger partial charge in [0.15, 0.2) is 0 Å². The van der Waals surface area contributed by atoms with Gasteiger partial charge in [-0.1, -0.05) is 6.07 Å². The molecular formula is C19H19N5O3. The molecule has 8 heteroatoms. The van der Waals surface area contributed by atoms with Gasteiger partial charge in [-0.2, -0.15) is 0 Å². The van der Waals surface area contributed by atoms with Crippen molar-refractivity contribution in [1.29, 1.82) is 0 Å². The van der Waals surface area contributed by atoms with E-state index in [1.807, 2.05) is 6.07 Å². The second kappa shape index (κ2) is 8.70. The highest BCUT2D eigenvalue weighted by atomic mass is 16.5. The van der Waals surface area contributed by atoms with Crippen LogP contribution in [-0.2, 0) is 16.0 Å². The number of pyridine rings is 2. The Labute approximate surface area is 156 Å². The van der Waals surface area contributed by atoms with E-state index in [9.17, 15) is 9.59 Å². The predicted octanol–water partition coefficient (Wildman–Crippen LogP) is 1.57. The van der Waals surface area contributed by atoms with E-state index in [1.54, 1.807) is 60.7 Å². The van der Waals surface area contributed by atoms with E-state index in [0.29, 0.717) is 17.1 Å². The number of rotatable bonds is 7. The molecule has 3 aromatic rings. The van der Waals surface area contributed by atoms with Gasteiger partial charge in [0.05, 0.1) is 12.2 Å². The second-order valence-corrected chi connectivity index (χ2v) is 5.68. The van der Waals surface area contributed by atoms with E-state index in [1.165, 1.54) is 6.20 Å². The molecule has 0 spiro atoms. The molecule has 0 aliphatic rings. The number of nitrogens with one attached hydrogen (secondary N) is 1. The van der Waals surface area contributed by atoms with Crippen LogP contribution >= 0.6 is 0 Å². The summed E-state index contributed by atoms with van der Waals surface area (Å²) in [7, 11) is 0. The molecule has 1 N–H and O–H groups in total. The lowest BCUT2D eigenvalue weighted by Gasteiger charge is -2.17. The minimum atomic E-state index is -0.833. The van der Waals surface area contributed by atoms with E-state index in [2.05, 4.69) is 20.3 Å². The Morgan fingerprint density at radius 3 is 2.70 bits per heavy atom. The number of nitrogens with zero attached hydrogens (tertiary/aromatic N) is 4. The highest BCUT2D eigenvalue weighted by molar-refractivity contribution is 5.96. The van der Waals surface area contributed by atoms with E-state index < -0.39 is 17.9 Å². The number of aromatic nitrogens is 4. The summed E-state index contributed by atoms with van der Waals surface area (Å²) in [6, 6.07) is 7.91. The maximum Gasteiger partial charge on any atom is 0.329 e. The van der Waals surface area contributed by atoms with Gasteiger partial charge in [0.1, 0.15) is 18.2 Å². The first-order valence-electron chi connectivity index (χ1n) is 8.49. The quantitative estimate of drug-likeness (QED) is 0.638. The molecular weight excluding hydrogens is 346 g/mol. The van der Waals surface area contributed by atoms with Crippen molar-refractivity contribution in [3.8, 4) is 5.82 Å². The molecule has 1 unspecified atom stereocenters. The third-order valence-corrected chi connectivity index (χ3v) is 3.79. The van der Waals surface area contributed by atoms with Crippen LogP contribution in [0.2, 0.25) is 0 Å². The number of esters is 1. The zero-order chi connectivity index (χ0) is 19.1. The van der Waals surface area contributed by atoms with Crippen molar-refractivity contribution in [1.82, 2.24) is 24.8 Å². The van der Waals surface area contributed by atoms with Crippen LogP contribution in [-0.4, -0.2) is 44.0 Å². The number of ether oxygens (including phenoxy) is 1. The molecule has 0 aliphatic heterocycles. The van der Waals surface area contributed by atoms with E-state index in [0.717, 1.165) is 0 Å². The van der Waals surface area contributed by atoms with Crippen molar-refractivity contribution in [2.75, 3.05) is 6.61 Å². The van der Waals surface area contributed by atoms with Gasteiger partial charge in [0.2, 0.25) is 0 Å². The first-order chi connectivity index (χ1) is 13.2. The zero-order valence-corrected chi connectivity index (χ0v) is 14.8. The van der Waals surface area contributed by atoms with Gasteiger partial charge in [0, 0.05) is 36.9 Å². The van der Waals surface area contributed by atoms with Crippen LogP contribution in [0.5, 0.6) is 0 Å². The summed E-state index contributed by atoms with van der Waals surface area (Å²) in [5.41, 5.74) is 1.03. The maximum atomic E-state index is 12.6. The average molecular weight is 365 g/mol. The predicted molar refractivity (Wildman–Crippen MR) is 97.2 cm³/mol. The van der Waals surface area contributed by atoms with Crippen molar-refractivity contribution in [3.63, 3.8) is 0 Å². The third kappa shape index (κ3) is 4.75. The van der Waals surface area contributed by atoms with Gasteiger partial charge in [-0.05, 0) is 31.2 Å². The number of hydrogen-bond acceptors (Lipinski definition) is 6. The van der Waals surface area contributed by atoms with Gasteiger partial charge >= 0.3 is 5.97 Å². The standard InChI is InChI=1S/C19H19N5O3/c1-2-27-19(26)16(11-15-5-3-4-8-21-15)23-18(25)14-6-7-17(22-12-14)24-10-9-20-13-24/h3-10,12-13,16H,2,11H2,1H3,(H,23,25). The maximum absolute atomic E-state index is 12.6. The summed E-state index contributed by atoms with van der Waals surface area (Å²) in [5.74, 6) is -0.271. The van der Waals surface area contributed by atoms with Gasteiger partial charge in [-0.25, -0.2) is 14.8 Å². The first kappa shape index (κ1) is 18.2. The third-order valence-electron chi connectivity index (χ3n) is 3.79. The summed E-state index contributed by atoms with van der Waals surface area (Å²) in [6.07, 6.45) is 8.35. The molecule has 0 fully saturated rings. The SMILES string of the molecule is CCOC(=O)C(Cc1ccccn1)NC(=O)c1ccc(-n2ccnc2)nc1. The molecule has 138 valence electrons. The molecule has 1 amide bonds. The molecule has 1 atom stereocenters. The Hall–Kier alpha value is -3.55. The summed E-state index contributed by atoms with van der Waals surface area (Å²) in [6.45, 7) is 1.95. The van der Waals surface area contributed by atoms with E-state index >= 15 is 0 Å². The lowest BCUT2D eigenvalue weighted by Crippen LogP contribution is -2.43. The topological polar surface area (TPSA) is 99.0 Å². The van der Waals surface area contributed by atoms with Crippen molar-refractivity contribution in [3.05, 3.63) is 72.7 Å². The summed E-state index contributed by atoms with van der Waals surface area (Å²) in [4.78, 5) is 37.2. The normalized spacial score (nSPS) is 11.6. The van der Waals surface area contributed by atoms with Gasteiger partial charge in [0.25, 0.3) is 5.91 Å². The Kier molecular flexibility index (Phi) is 5.88. The van der Waals surface area contributed by atoms with Crippen LogP contribution in [0.15, 0.2) is 61.4 Å². The Balaban J connectivity index is 1.72. The smallest absolute Gasteiger partial charge is 0.329 e. The first-order valence-corrected chi connectivity index (χ1v) is 8.49. The fraction of sp³-hybridized carbons (Fsp3) is 0.211. The molecule has 3 rings (SSSR count). The van der Waals surface area contributed by atoms with Crippen molar-refractivity contribution < 1.29 is 14.3 Å². The minimum absolute atomic E-state index is 0.231. The molecule has 8 nitrogen and oxygen atoms in total. The zero-order valence-electron chi connectivity index (χ0n) is 14.8. The van der Waals surface area contributed by atoms with Crippen LogP contribution in [0.1, 0.15) is 23.0 Å². The van der Waals surface area contributed by atoms with Crippen LogP contribution in [0, 0.1) is 0 Å². The highest BCUT2D eigenvalue weighted by Gasteiger charge is 2.23. The molecule has 0 saturated heterocycles. The van der Waals surface area contributed by atoms with Crippen LogP contribution < -0.4 is 5.32 Å². The monoisotopic (exact) mass is 365 g/mol. The van der Waals surface area contributed by atoms with Crippen molar-refractivity contribution >= 4 is 11.9 Å². The number of hydrogen-bond donors (Lipinski definition) is 1. The highest BCUT2D eigenvalue weighted by Crippen LogP contribution is 2.07. The molecule has 0 aliphatic carbocycles. The minimum Gasteiger partial charge on any atom is -0.464 e. The van der Waals surface area contributed by atoms with E-state index in [4.69, 9.17) is 4.74 Å². The fourth-order valence-corrected chi connectivity index (χ4v) is 2.47. The summed E-state index contributed by atoms with van der Waals surface area (Å²) in [5, 5.41) is 2.71. The fourth-order valence-electron chi connectivity index (χ4n) is 2.47. The Morgan fingerprint density at radius 1 is 1.19 bits per heavy atom. The van der Waals surface area contributed by atoms with Crippen molar-refractivity contribution in [2.45, 2.75) is 19.4 Å². The van der Waals surface area contributed by atoms with Crippen LogP contribution in [0.3, 0.4) is 0 Å². The van der Waals surface area contributed by atoms with Gasteiger partial charge in [-0.15, -0.1) is 0 Å². The van der Waals surface area contributed by atoms with Crippen molar-refractivity contribution in [2.24, 2.45) is 0 Å². The molecule has 0 saturated carbocycles. The lowest BCUT2D eigenvalue weighted by molar-refractivity contribution is -0.145. The number of carbonyl (C=O) groups is 2. The Bertz CT molecular complexity index is 879. The van der Waals surface area contributed by atoms with E-state index in [-0.39, 0.29) is 13.0 Å².